The van der Waals surface area contributed by atoms with Crippen molar-refractivity contribution in [2.45, 2.75) is 13.8 Å². The van der Waals surface area contributed by atoms with Crippen molar-refractivity contribution in [1.29, 1.82) is 0 Å². The molecule has 4 nitrogen and oxygen atoms in total. The van der Waals surface area contributed by atoms with Crippen LogP contribution < -0.4 is 0 Å². The summed E-state index contributed by atoms with van der Waals surface area (Å²) in [5, 5.41) is 10.2. The average Bonchev–Trinajstić information content (AvgIpc) is 2.17. The molecule has 0 heterocycles. The molecule has 0 radical (unpaired) electrons. The molecule has 0 fully saturated rings. The maximum atomic E-state index is 11.0. The lowest BCUT2D eigenvalue weighted by Gasteiger charge is -1.99. The Morgan fingerprint density at radius 2 is 1.67 bits per heavy atom. The number of hydrogen-bond acceptors (Lipinski definition) is 3. The zero-order valence-electron chi connectivity index (χ0n) is 8.56. The number of carbonyl (C=O) groups is 1. The number of benzene rings is 1. The van der Waals surface area contributed by atoms with Crippen LogP contribution in [0.25, 0.3) is 5.57 Å². The third kappa shape index (κ3) is 3.02. The number of carbonyl (C=O) groups excluding carboxylic acids is 1. The summed E-state index contributed by atoms with van der Waals surface area (Å²) in [4.78, 5) is 20.7. The van der Waals surface area contributed by atoms with Gasteiger partial charge in [0.05, 0.1) is 4.92 Å². The first-order valence-electron chi connectivity index (χ1n) is 4.44. The number of Topliss-reactive ketones (excluding diaryl/α,β-unsaturated/α-hetero) is 1. The molecule has 0 bridgehead atoms. The van der Waals surface area contributed by atoms with Crippen LogP contribution in [-0.2, 0) is 0 Å². The maximum Gasteiger partial charge on any atom is 0.237 e. The highest BCUT2D eigenvalue weighted by molar-refractivity contribution is 5.94. The van der Waals surface area contributed by atoms with Gasteiger partial charge in [-0.2, -0.15) is 0 Å². The molecule has 0 atom stereocenters. The van der Waals surface area contributed by atoms with Crippen LogP contribution in [0.2, 0.25) is 0 Å². The summed E-state index contributed by atoms with van der Waals surface area (Å²) >= 11 is 0. The molecule has 0 aliphatic heterocycles. The van der Waals surface area contributed by atoms with E-state index < -0.39 is 4.92 Å². The van der Waals surface area contributed by atoms with E-state index in [1.807, 2.05) is 0 Å². The fourth-order valence-corrected chi connectivity index (χ4v) is 1.20. The van der Waals surface area contributed by atoms with Crippen LogP contribution in [0.15, 0.2) is 30.5 Å². The first-order valence-corrected chi connectivity index (χ1v) is 4.44. The number of nitro groups is 1. The van der Waals surface area contributed by atoms with E-state index in [0.717, 1.165) is 11.8 Å². The predicted molar refractivity (Wildman–Crippen MR) is 57.1 cm³/mol. The lowest BCUT2D eigenvalue weighted by Crippen LogP contribution is -1.92. The Bertz CT molecular complexity index is 418. The summed E-state index contributed by atoms with van der Waals surface area (Å²) in [7, 11) is 0. The van der Waals surface area contributed by atoms with Crippen molar-refractivity contribution in [3.05, 3.63) is 51.7 Å². The minimum Gasteiger partial charge on any atom is -0.295 e. The number of hydrogen-bond donors (Lipinski definition) is 0. The zero-order chi connectivity index (χ0) is 11.4. The summed E-state index contributed by atoms with van der Waals surface area (Å²) in [6, 6.07) is 6.72. The van der Waals surface area contributed by atoms with Crippen LogP contribution in [0.4, 0.5) is 0 Å². The van der Waals surface area contributed by atoms with E-state index in [2.05, 4.69) is 0 Å². The molecular weight excluding hydrogens is 194 g/mol. The van der Waals surface area contributed by atoms with E-state index in [9.17, 15) is 14.9 Å². The van der Waals surface area contributed by atoms with Crippen LogP contribution in [-0.4, -0.2) is 10.7 Å². The second kappa shape index (κ2) is 4.50. The molecule has 15 heavy (non-hydrogen) atoms. The largest absolute Gasteiger partial charge is 0.295 e. The van der Waals surface area contributed by atoms with Gasteiger partial charge in [0.1, 0.15) is 0 Å². The Hall–Kier alpha value is -1.97. The predicted octanol–water partition coefficient (Wildman–Crippen LogP) is 2.53. The van der Waals surface area contributed by atoms with Gasteiger partial charge in [0, 0.05) is 11.1 Å². The Kier molecular flexibility index (Phi) is 3.33. The van der Waals surface area contributed by atoms with E-state index in [-0.39, 0.29) is 5.78 Å². The molecule has 1 aromatic carbocycles. The monoisotopic (exact) mass is 205 g/mol. The molecule has 1 rings (SSSR count). The van der Waals surface area contributed by atoms with Crippen molar-refractivity contribution in [3.8, 4) is 0 Å². The molecule has 0 N–H and O–H groups in total. The molecule has 0 amide bonds. The standard InChI is InChI=1S/C11H11NO3/c1-8(7-12(14)15)10-3-5-11(6-4-10)9(2)13/h3-7H,1-2H3. The highest BCUT2D eigenvalue weighted by Gasteiger charge is 2.02. The molecular formula is C11H11NO3. The van der Waals surface area contributed by atoms with Crippen molar-refractivity contribution in [2.75, 3.05) is 0 Å². The molecule has 1 aromatic rings. The molecule has 0 aliphatic carbocycles. The molecule has 0 saturated heterocycles. The summed E-state index contributed by atoms with van der Waals surface area (Å²) in [5.74, 6) is -0.0162. The number of allylic oxidation sites excluding steroid dienone is 1. The molecule has 4 heteroatoms. The highest BCUT2D eigenvalue weighted by Crippen LogP contribution is 2.14. The van der Waals surface area contributed by atoms with E-state index in [0.29, 0.717) is 11.1 Å². The smallest absolute Gasteiger partial charge is 0.237 e. The Labute approximate surface area is 87.4 Å². The van der Waals surface area contributed by atoms with Crippen molar-refractivity contribution in [2.24, 2.45) is 0 Å². The SMILES string of the molecule is CC(=O)c1ccc(C(C)=C[N+](=O)[O-])cc1. The first kappa shape index (κ1) is 11.1. The van der Waals surface area contributed by atoms with Crippen LogP contribution in [0.3, 0.4) is 0 Å². The van der Waals surface area contributed by atoms with Gasteiger partial charge in [0.15, 0.2) is 5.78 Å². The maximum absolute atomic E-state index is 11.0. The minimum atomic E-state index is -0.492. The van der Waals surface area contributed by atoms with Crippen molar-refractivity contribution in [3.63, 3.8) is 0 Å². The summed E-state index contributed by atoms with van der Waals surface area (Å²) < 4.78 is 0. The quantitative estimate of drug-likeness (QED) is 0.432. The molecule has 0 unspecified atom stereocenters. The third-order valence-corrected chi connectivity index (χ3v) is 2.05. The van der Waals surface area contributed by atoms with Crippen molar-refractivity contribution in [1.82, 2.24) is 0 Å². The molecule has 0 aliphatic rings. The van der Waals surface area contributed by atoms with E-state index in [1.165, 1.54) is 6.92 Å². The first-order chi connectivity index (χ1) is 7.00. The zero-order valence-corrected chi connectivity index (χ0v) is 8.56. The normalized spacial score (nSPS) is 11.2. The molecule has 0 spiro atoms. The average molecular weight is 205 g/mol. The van der Waals surface area contributed by atoms with E-state index in [1.54, 1.807) is 31.2 Å². The van der Waals surface area contributed by atoms with Gasteiger partial charge >= 0.3 is 0 Å². The van der Waals surface area contributed by atoms with Gasteiger partial charge in [-0.15, -0.1) is 0 Å². The number of nitrogens with zero attached hydrogens (tertiary/aromatic N) is 1. The Balaban J connectivity index is 2.99. The second-order valence-corrected chi connectivity index (χ2v) is 3.23. The van der Waals surface area contributed by atoms with Gasteiger partial charge in [-0.3, -0.25) is 14.9 Å². The van der Waals surface area contributed by atoms with Gasteiger partial charge in [-0.1, -0.05) is 24.3 Å². The molecule has 78 valence electrons. The fourth-order valence-electron chi connectivity index (χ4n) is 1.20. The van der Waals surface area contributed by atoms with Crippen molar-refractivity contribution < 1.29 is 9.72 Å². The van der Waals surface area contributed by atoms with Gasteiger partial charge in [0.2, 0.25) is 6.20 Å². The van der Waals surface area contributed by atoms with Crippen LogP contribution in [0.5, 0.6) is 0 Å². The van der Waals surface area contributed by atoms with Gasteiger partial charge in [0.25, 0.3) is 0 Å². The summed E-state index contributed by atoms with van der Waals surface area (Å²) in [6.07, 6.45) is 0.947. The number of ketones is 1. The topological polar surface area (TPSA) is 60.2 Å². The molecule has 0 saturated carbocycles. The lowest BCUT2D eigenvalue weighted by molar-refractivity contribution is -0.401. The number of rotatable bonds is 3. The Morgan fingerprint density at radius 3 is 2.07 bits per heavy atom. The van der Waals surface area contributed by atoms with Crippen LogP contribution in [0, 0.1) is 10.1 Å². The summed E-state index contributed by atoms with van der Waals surface area (Å²) in [5.41, 5.74) is 1.92. The second-order valence-electron chi connectivity index (χ2n) is 3.23. The minimum absolute atomic E-state index is 0.0162. The van der Waals surface area contributed by atoms with Crippen LogP contribution in [0.1, 0.15) is 29.8 Å². The van der Waals surface area contributed by atoms with Gasteiger partial charge < -0.3 is 0 Å². The molecule has 0 aromatic heterocycles. The van der Waals surface area contributed by atoms with Gasteiger partial charge in [-0.05, 0) is 19.4 Å². The highest BCUT2D eigenvalue weighted by atomic mass is 16.6. The fraction of sp³-hybridized carbons (Fsp3) is 0.182. The van der Waals surface area contributed by atoms with E-state index in [4.69, 9.17) is 0 Å². The van der Waals surface area contributed by atoms with Crippen molar-refractivity contribution >= 4 is 11.4 Å². The van der Waals surface area contributed by atoms with Crippen LogP contribution >= 0.6 is 0 Å². The lowest BCUT2D eigenvalue weighted by atomic mass is 10.0. The third-order valence-electron chi connectivity index (χ3n) is 2.05. The summed E-state index contributed by atoms with van der Waals surface area (Å²) in [6.45, 7) is 3.14. The van der Waals surface area contributed by atoms with E-state index >= 15 is 0 Å². The Morgan fingerprint density at radius 1 is 1.20 bits per heavy atom. The van der Waals surface area contributed by atoms with Gasteiger partial charge in [-0.25, -0.2) is 0 Å².